The molecule has 0 aliphatic rings. The zero-order valence-electron chi connectivity index (χ0n) is 12.0. The van der Waals surface area contributed by atoms with Crippen LogP contribution in [0.25, 0.3) is 0 Å². The molecule has 0 heterocycles. The fourth-order valence-corrected chi connectivity index (χ4v) is 1.90. The largest absolute Gasteiger partial charge is 0.422 e. The van der Waals surface area contributed by atoms with Crippen LogP contribution in [0, 0.1) is 10.1 Å². The number of nitrogens with zero attached hydrogens (tertiary/aromatic N) is 1. The van der Waals surface area contributed by atoms with Crippen molar-refractivity contribution in [3.8, 4) is 0 Å². The lowest BCUT2D eigenvalue weighted by atomic mass is 9.99. The molecule has 1 aromatic carbocycles. The van der Waals surface area contributed by atoms with Crippen LogP contribution in [0.3, 0.4) is 0 Å². The Hall–Kier alpha value is -2.20. The molecular weight excluding hydrogens is 321 g/mol. The molecule has 0 bridgehead atoms. The Bertz CT molecular complexity index is 591. The average molecular weight is 336 g/mol. The Morgan fingerprint density at radius 3 is 2.48 bits per heavy atom. The van der Waals surface area contributed by atoms with E-state index in [2.05, 4.69) is 5.32 Å². The smallest absolute Gasteiger partial charge is 0.390 e. The second kappa shape index (κ2) is 7.38. The van der Waals surface area contributed by atoms with Gasteiger partial charge in [-0.25, -0.2) is 0 Å². The fourth-order valence-electron chi connectivity index (χ4n) is 1.90. The molecule has 0 aliphatic heterocycles. The van der Waals surface area contributed by atoms with Gasteiger partial charge in [-0.05, 0) is 18.1 Å². The lowest BCUT2D eigenvalue weighted by Crippen LogP contribution is -2.27. The van der Waals surface area contributed by atoms with Gasteiger partial charge >= 0.3 is 6.18 Å². The van der Waals surface area contributed by atoms with Crippen LogP contribution in [0.15, 0.2) is 18.2 Å². The number of aliphatic hydroxyl groups excluding tert-OH is 2. The van der Waals surface area contributed by atoms with Crippen LogP contribution in [-0.4, -0.2) is 33.7 Å². The summed E-state index contributed by atoms with van der Waals surface area (Å²) in [6.45, 7) is 1.29. The Morgan fingerprint density at radius 2 is 2.00 bits per heavy atom. The number of carbonyl (C=O) groups excluding carboxylic acids is 1. The number of amides is 1. The Morgan fingerprint density at radius 1 is 1.39 bits per heavy atom. The van der Waals surface area contributed by atoms with Crippen LogP contribution < -0.4 is 5.32 Å². The minimum Gasteiger partial charge on any atom is -0.390 e. The maximum Gasteiger partial charge on any atom is 0.422 e. The molecule has 0 radical (unpaired) electrons. The van der Waals surface area contributed by atoms with E-state index in [0.29, 0.717) is 12.1 Å². The molecule has 1 rings (SSSR count). The van der Waals surface area contributed by atoms with E-state index < -0.39 is 34.6 Å². The minimum atomic E-state index is -4.91. The highest BCUT2D eigenvalue weighted by Gasteiger charge is 2.38. The average Bonchev–Trinajstić information content (AvgIpc) is 2.44. The highest BCUT2D eigenvalue weighted by molar-refractivity contribution is 5.72. The first-order valence-electron chi connectivity index (χ1n) is 6.50. The van der Waals surface area contributed by atoms with Crippen molar-refractivity contribution in [1.82, 2.24) is 5.32 Å². The molecule has 1 amide bonds. The van der Waals surface area contributed by atoms with Crippen LogP contribution in [0.2, 0.25) is 0 Å². The topological polar surface area (TPSA) is 113 Å². The molecule has 2 atom stereocenters. The minimum absolute atomic E-state index is 0.0380. The van der Waals surface area contributed by atoms with Gasteiger partial charge in [-0.15, -0.1) is 0 Å². The summed E-state index contributed by atoms with van der Waals surface area (Å²) in [5.74, 6) is -0.350. The first-order valence-corrected chi connectivity index (χ1v) is 6.50. The normalized spacial score (nSPS) is 14.2. The summed E-state index contributed by atoms with van der Waals surface area (Å²) >= 11 is 0. The van der Waals surface area contributed by atoms with Crippen LogP contribution in [0.1, 0.15) is 30.6 Å². The van der Waals surface area contributed by atoms with Crippen molar-refractivity contribution < 1.29 is 33.1 Å². The van der Waals surface area contributed by atoms with E-state index in [-0.39, 0.29) is 24.4 Å². The van der Waals surface area contributed by atoms with Crippen molar-refractivity contribution >= 4 is 11.6 Å². The van der Waals surface area contributed by atoms with Crippen molar-refractivity contribution in [3.05, 3.63) is 39.4 Å². The van der Waals surface area contributed by atoms with Crippen molar-refractivity contribution in [1.29, 1.82) is 0 Å². The maximum atomic E-state index is 12.7. The van der Waals surface area contributed by atoms with E-state index in [4.69, 9.17) is 0 Å². The predicted octanol–water partition coefficient (Wildman–Crippen LogP) is 1.53. The number of hydrogen-bond acceptors (Lipinski definition) is 5. The molecule has 2 unspecified atom stereocenters. The number of carbonyl (C=O) groups is 1. The quantitative estimate of drug-likeness (QED) is 0.539. The third kappa shape index (κ3) is 5.18. The van der Waals surface area contributed by atoms with E-state index in [9.17, 15) is 38.3 Å². The highest BCUT2D eigenvalue weighted by atomic mass is 19.4. The number of rotatable bonds is 6. The van der Waals surface area contributed by atoms with Gasteiger partial charge in [0.2, 0.25) is 5.91 Å². The van der Waals surface area contributed by atoms with Crippen LogP contribution in [0.5, 0.6) is 0 Å². The lowest BCUT2D eigenvalue weighted by Gasteiger charge is -2.19. The fraction of sp³-hybridized carbons (Fsp3) is 0.462. The monoisotopic (exact) mass is 336 g/mol. The number of hydrogen-bond donors (Lipinski definition) is 3. The van der Waals surface area contributed by atoms with E-state index in [1.807, 2.05) is 0 Å². The number of nitrogens with one attached hydrogen (secondary N) is 1. The number of aliphatic hydroxyl groups is 2. The summed E-state index contributed by atoms with van der Waals surface area (Å²) < 4.78 is 38.1. The van der Waals surface area contributed by atoms with Gasteiger partial charge in [0.1, 0.15) is 11.7 Å². The number of nitro groups is 1. The molecule has 128 valence electrons. The molecule has 0 fully saturated rings. The van der Waals surface area contributed by atoms with E-state index in [1.165, 1.54) is 6.92 Å². The zero-order valence-corrected chi connectivity index (χ0v) is 12.0. The molecule has 3 N–H and O–H groups in total. The van der Waals surface area contributed by atoms with Crippen molar-refractivity contribution in [2.24, 2.45) is 0 Å². The number of nitro benzene ring substituents is 1. The van der Waals surface area contributed by atoms with Gasteiger partial charge in [0, 0.05) is 19.5 Å². The molecule has 23 heavy (non-hydrogen) atoms. The van der Waals surface area contributed by atoms with Gasteiger partial charge in [0.05, 0.1) is 11.0 Å². The third-order valence-corrected chi connectivity index (χ3v) is 3.04. The molecule has 10 heteroatoms. The maximum absolute atomic E-state index is 12.7. The Kier molecular flexibility index (Phi) is 6.05. The van der Waals surface area contributed by atoms with Crippen LogP contribution >= 0.6 is 0 Å². The second-order valence-electron chi connectivity index (χ2n) is 4.82. The highest BCUT2D eigenvalue weighted by Crippen LogP contribution is 2.37. The molecule has 1 aromatic rings. The Labute approximate surface area is 128 Å². The summed E-state index contributed by atoms with van der Waals surface area (Å²) in [5.41, 5.74) is -2.87. The first kappa shape index (κ1) is 18.8. The van der Waals surface area contributed by atoms with E-state index in [0.717, 1.165) is 6.07 Å². The van der Waals surface area contributed by atoms with Gasteiger partial charge in [0.15, 0.2) is 0 Å². The van der Waals surface area contributed by atoms with Crippen LogP contribution in [-0.2, 0) is 11.0 Å². The molecule has 0 aromatic heterocycles. The second-order valence-corrected chi connectivity index (χ2v) is 4.82. The molecule has 0 saturated carbocycles. The molecular formula is C13H15F3N2O5. The van der Waals surface area contributed by atoms with Gasteiger partial charge in [-0.3, -0.25) is 14.9 Å². The molecule has 0 saturated heterocycles. The van der Waals surface area contributed by atoms with Crippen molar-refractivity contribution in [2.75, 3.05) is 6.54 Å². The van der Waals surface area contributed by atoms with E-state index >= 15 is 0 Å². The molecule has 0 aliphatic carbocycles. The van der Waals surface area contributed by atoms with Gasteiger partial charge in [0.25, 0.3) is 5.69 Å². The summed E-state index contributed by atoms with van der Waals surface area (Å²) in [5, 5.41) is 32.8. The van der Waals surface area contributed by atoms with Crippen molar-refractivity contribution in [2.45, 2.75) is 31.7 Å². The summed E-state index contributed by atoms with van der Waals surface area (Å²) in [6, 6.07) is 1.93. The predicted molar refractivity (Wildman–Crippen MR) is 72.4 cm³/mol. The summed E-state index contributed by atoms with van der Waals surface area (Å²) in [4.78, 5) is 20.2. The van der Waals surface area contributed by atoms with E-state index in [1.54, 1.807) is 0 Å². The molecule has 0 spiro atoms. The lowest BCUT2D eigenvalue weighted by molar-refractivity contribution is -0.388. The molecule has 7 nitrogen and oxygen atoms in total. The standard InChI is InChI=1S/C13H15F3N2O5/c1-7(19)17-5-4-11(20)12(21)8-2-3-9(13(14,15)16)10(6-8)18(22)23/h2-3,6,11-12,20-21H,4-5H2,1H3,(H,17,19). The Balaban J connectivity index is 2.98. The SMILES string of the molecule is CC(=O)NCCC(O)C(O)c1ccc(C(F)(F)F)c([N+](=O)[O-])c1. The first-order chi connectivity index (χ1) is 10.5. The number of alkyl halides is 3. The number of benzene rings is 1. The van der Waals surface area contributed by atoms with Gasteiger partial charge < -0.3 is 15.5 Å². The summed E-state index contributed by atoms with van der Waals surface area (Å²) in [7, 11) is 0. The number of halogens is 3. The third-order valence-electron chi connectivity index (χ3n) is 3.04. The van der Waals surface area contributed by atoms with Crippen molar-refractivity contribution in [3.63, 3.8) is 0 Å². The summed E-state index contributed by atoms with van der Waals surface area (Å²) in [6.07, 6.45) is -8.01. The van der Waals surface area contributed by atoms with Gasteiger partial charge in [-0.2, -0.15) is 13.2 Å². The zero-order chi connectivity index (χ0) is 17.8. The van der Waals surface area contributed by atoms with Gasteiger partial charge in [-0.1, -0.05) is 6.07 Å². The van der Waals surface area contributed by atoms with Crippen LogP contribution in [0.4, 0.5) is 18.9 Å².